The van der Waals surface area contributed by atoms with Crippen LogP contribution in [0.2, 0.25) is 0 Å². The summed E-state index contributed by atoms with van der Waals surface area (Å²) in [5, 5.41) is 2.76. The molecule has 1 atom stereocenters. The molecular formula is C11H23N3O4S. The summed E-state index contributed by atoms with van der Waals surface area (Å²) in [6.45, 7) is 5.56. The smallest absolute Gasteiger partial charge is 0.235 e. The molecule has 1 saturated heterocycles. The molecular weight excluding hydrogens is 270 g/mol. The van der Waals surface area contributed by atoms with E-state index in [1.807, 2.05) is 6.92 Å². The Morgan fingerprint density at radius 1 is 1.42 bits per heavy atom. The molecule has 112 valence electrons. The standard InChI is InChI=1S/C11H23N3O4S/c1-10(14-4-6-18-7-5-14)8-12-11(15)9-13(2)19(3,16)17/h10H,4-9H2,1-3H3,(H,12,15). The molecule has 0 aromatic carbocycles. The molecule has 0 spiro atoms. The maximum absolute atomic E-state index is 11.6. The van der Waals surface area contributed by atoms with Crippen LogP contribution >= 0.6 is 0 Å². The highest BCUT2D eigenvalue weighted by Gasteiger charge is 2.19. The van der Waals surface area contributed by atoms with Gasteiger partial charge in [-0.3, -0.25) is 9.69 Å². The van der Waals surface area contributed by atoms with Gasteiger partial charge in [0.1, 0.15) is 0 Å². The normalized spacial score (nSPS) is 19.4. The maximum Gasteiger partial charge on any atom is 0.235 e. The molecule has 1 heterocycles. The zero-order valence-corrected chi connectivity index (χ0v) is 12.6. The molecule has 8 heteroatoms. The number of rotatable bonds is 6. The Kier molecular flexibility index (Phi) is 6.18. The SMILES string of the molecule is CC(CNC(=O)CN(C)S(C)(=O)=O)N1CCOCC1. The van der Waals surface area contributed by atoms with Crippen molar-refractivity contribution in [1.82, 2.24) is 14.5 Å². The van der Waals surface area contributed by atoms with Crippen LogP contribution < -0.4 is 5.32 Å². The van der Waals surface area contributed by atoms with E-state index in [2.05, 4.69) is 10.2 Å². The number of morpholine rings is 1. The van der Waals surface area contributed by atoms with Crippen LogP contribution in [0.1, 0.15) is 6.92 Å². The third-order valence-electron chi connectivity index (χ3n) is 3.20. The number of amides is 1. The van der Waals surface area contributed by atoms with Gasteiger partial charge >= 0.3 is 0 Å². The van der Waals surface area contributed by atoms with Crippen molar-refractivity contribution in [3.63, 3.8) is 0 Å². The molecule has 19 heavy (non-hydrogen) atoms. The molecule has 1 aliphatic heterocycles. The summed E-state index contributed by atoms with van der Waals surface area (Å²) in [7, 11) is -1.92. The van der Waals surface area contributed by atoms with Gasteiger partial charge in [0.05, 0.1) is 26.0 Å². The van der Waals surface area contributed by atoms with Gasteiger partial charge in [-0.15, -0.1) is 0 Å². The minimum atomic E-state index is -3.31. The minimum absolute atomic E-state index is 0.144. The van der Waals surface area contributed by atoms with E-state index in [9.17, 15) is 13.2 Å². The quantitative estimate of drug-likeness (QED) is 0.659. The van der Waals surface area contributed by atoms with Crippen LogP contribution in [0, 0.1) is 0 Å². The van der Waals surface area contributed by atoms with Crippen molar-refractivity contribution < 1.29 is 17.9 Å². The van der Waals surface area contributed by atoms with Crippen LogP contribution in [0.25, 0.3) is 0 Å². The highest BCUT2D eigenvalue weighted by Crippen LogP contribution is 2.02. The lowest BCUT2D eigenvalue weighted by molar-refractivity contribution is -0.121. The van der Waals surface area contributed by atoms with Crippen LogP contribution in [-0.2, 0) is 19.6 Å². The van der Waals surface area contributed by atoms with E-state index in [-0.39, 0.29) is 18.5 Å². The number of hydrogen-bond acceptors (Lipinski definition) is 5. The van der Waals surface area contributed by atoms with Gasteiger partial charge in [0.15, 0.2) is 0 Å². The average molecular weight is 293 g/mol. The molecule has 0 bridgehead atoms. The van der Waals surface area contributed by atoms with E-state index >= 15 is 0 Å². The number of ether oxygens (including phenoxy) is 1. The third kappa shape index (κ3) is 5.85. The van der Waals surface area contributed by atoms with Gasteiger partial charge in [-0.05, 0) is 6.92 Å². The first kappa shape index (κ1) is 16.4. The van der Waals surface area contributed by atoms with Crippen molar-refractivity contribution in [2.45, 2.75) is 13.0 Å². The fourth-order valence-electron chi connectivity index (χ4n) is 1.78. The Balaban J connectivity index is 2.29. The predicted molar refractivity (Wildman–Crippen MR) is 72.3 cm³/mol. The highest BCUT2D eigenvalue weighted by molar-refractivity contribution is 7.88. The molecule has 1 amide bonds. The van der Waals surface area contributed by atoms with Crippen LogP contribution in [0.3, 0.4) is 0 Å². The monoisotopic (exact) mass is 293 g/mol. The number of carbonyl (C=O) groups excluding carboxylic acids is 1. The third-order valence-corrected chi connectivity index (χ3v) is 4.46. The lowest BCUT2D eigenvalue weighted by Gasteiger charge is -2.32. The van der Waals surface area contributed by atoms with Crippen LogP contribution in [-0.4, -0.2) is 82.3 Å². The fourth-order valence-corrected chi connectivity index (χ4v) is 2.14. The first-order chi connectivity index (χ1) is 8.80. The van der Waals surface area contributed by atoms with Gasteiger partial charge in [0, 0.05) is 32.7 Å². The fraction of sp³-hybridized carbons (Fsp3) is 0.909. The predicted octanol–water partition coefficient (Wildman–Crippen LogP) is -1.29. The lowest BCUT2D eigenvalue weighted by Crippen LogP contribution is -2.48. The Morgan fingerprint density at radius 2 is 2.00 bits per heavy atom. The second-order valence-corrected chi connectivity index (χ2v) is 6.91. The first-order valence-electron chi connectivity index (χ1n) is 6.30. The van der Waals surface area contributed by atoms with Gasteiger partial charge < -0.3 is 10.1 Å². The van der Waals surface area contributed by atoms with Crippen molar-refractivity contribution in [3.8, 4) is 0 Å². The number of carbonyl (C=O) groups is 1. The zero-order chi connectivity index (χ0) is 14.5. The van der Waals surface area contributed by atoms with Gasteiger partial charge in [0.2, 0.25) is 15.9 Å². The Labute approximate surface area is 114 Å². The molecule has 0 aliphatic carbocycles. The van der Waals surface area contributed by atoms with Gasteiger partial charge in [-0.1, -0.05) is 0 Å². The molecule has 0 aromatic heterocycles. The number of nitrogens with one attached hydrogen (secondary N) is 1. The molecule has 1 rings (SSSR count). The molecule has 0 aromatic rings. The molecule has 7 nitrogen and oxygen atoms in total. The van der Waals surface area contributed by atoms with E-state index in [0.29, 0.717) is 6.54 Å². The molecule has 0 radical (unpaired) electrons. The van der Waals surface area contributed by atoms with Gasteiger partial charge in [-0.25, -0.2) is 8.42 Å². The molecule has 1 fully saturated rings. The van der Waals surface area contributed by atoms with E-state index < -0.39 is 10.0 Å². The zero-order valence-electron chi connectivity index (χ0n) is 11.8. The summed E-state index contributed by atoms with van der Waals surface area (Å²) in [6.07, 6.45) is 1.08. The Hall–Kier alpha value is -0.700. The number of nitrogens with zero attached hydrogens (tertiary/aromatic N) is 2. The number of hydrogen-bond donors (Lipinski definition) is 1. The average Bonchev–Trinajstić information content (AvgIpc) is 2.35. The van der Waals surface area contributed by atoms with Crippen LogP contribution in [0.5, 0.6) is 0 Å². The summed E-state index contributed by atoms with van der Waals surface area (Å²) in [5.41, 5.74) is 0. The topological polar surface area (TPSA) is 79.0 Å². The molecule has 1 aliphatic rings. The summed E-state index contributed by atoms with van der Waals surface area (Å²) < 4.78 is 28.6. The van der Waals surface area contributed by atoms with Crippen molar-refractivity contribution in [3.05, 3.63) is 0 Å². The van der Waals surface area contributed by atoms with Crippen molar-refractivity contribution >= 4 is 15.9 Å². The summed E-state index contributed by atoms with van der Waals surface area (Å²) in [5.74, 6) is -0.284. The maximum atomic E-state index is 11.6. The first-order valence-corrected chi connectivity index (χ1v) is 8.15. The summed E-state index contributed by atoms with van der Waals surface area (Å²) >= 11 is 0. The van der Waals surface area contributed by atoms with Gasteiger partial charge in [-0.2, -0.15) is 4.31 Å². The minimum Gasteiger partial charge on any atom is -0.379 e. The number of likely N-dealkylation sites (N-methyl/N-ethyl adjacent to an activating group) is 1. The van der Waals surface area contributed by atoms with Crippen LogP contribution in [0.4, 0.5) is 0 Å². The second-order valence-electron chi connectivity index (χ2n) is 4.82. The Morgan fingerprint density at radius 3 is 2.53 bits per heavy atom. The van der Waals surface area contributed by atoms with E-state index in [4.69, 9.17) is 4.74 Å². The van der Waals surface area contributed by atoms with Crippen molar-refractivity contribution in [2.75, 3.05) is 52.7 Å². The van der Waals surface area contributed by atoms with E-state index in [0.717, 1.165) is 36.9 Å². The highest BCUT2D eigenvalue weighted by atomic mass is 32.2. The summed E-state index contributed by atoms with van der Waals surface area (Å²) in [4.78, 5) is 13.9. The van der Waals surface area contributed by atoms with E-state index in [1.54, 1.807) is 0 Å². The molecule has 1 unspecified atom stereocenters. The second kappa shape index (κ2) is 7.18. The number of sulfonamides is 1. The van der Waals surface area contributed by atoms with Crippen molar-refractivity contribution in [1.29, 1.82) is 0 Å². The largest absolute Gasteiger partial charge is 0.379 e. The molecule has 1 N–H and O–H groups in total. The Bertz CT molecular complexity index is 393. The summed E-state index contributed by atoms with van der Waals surface area (Å²) in [6, 6.07) is 0.219. The van der Waals surface area contributed by atoms with Gasteiger partial charge in [0.25, 0.3) is 0 Å². The lowest BCUT2D eigenvalue weighted by atomic mass is 10.2. The van der Waals surface area contributed by atoms with Crippen molar-refractivity contribution in [2.24, 2.45) is 0 Å². The van der Waals surface area contributed by atoms with E-state index in [1.165, 1.54) is 7.05 Å². The molecule has 0 saturated carbocycles. The van der Waals surface area contributed by atoms with Crippen LogP contribution in [0.15, 0.2) is 0 Å².